The molecular weight excluding hydrogens is 338 g/mol. The number of thiazole rings is 1. The number of fused-ring (bicyclic) bond motifs is 1. The minimum absolute atomic E-state index is 0.339. The van der Waals surface area contributed by atoms with Crippen LogP contribution in [0.25, 0.3) is 10.2 Å². The highest BCUT2D eigenvalue weighted by Gasteiger charge is 2.16. The predicted molar refractivity (Wildman–Crippen MR) is 103 cm³/mol. The molecule has 3 nitrogen and oxygen atoms in total. The fourth-order valence-corrected chi connectivity index (χ4v) is 4.80. The predicted octanol–water partition coefficient (Wildman–Crippen LogP) is 5.52. The third-order valence-electron chi connectivity index (χ3n) is 4.01. The Labute approximate surface area is 151 Å². The number of rotatable bonds is 6. The fourth-order valence-electron chi connectivity index (χ4n) is 2.66. The Kier molecular flexibility index (Phi) is 5.31. The molecule has 0 aliphatic heterocycles. The maximum Gasteiger partial charge on any atom is 0.151 e. The summed E-state index contributed by atoms with van der Waals surface area (Å²) in [7, 11) is 3.43. The molecule has 126 valence electrons. The molecule has 0 aliphatic rings. The number of thioether (sulfide) groups is 1. The Morgan fingerprint density at radius 2 is 1.88 bits per heavy atom. The number of aryl methyl sites for hydroxylation is 1. The molecule has 0 bridgehead atoms. The Morgan fingerprint density at radius 1 is 1.12 bits per heavy atom. The summed E-state index contributed by atoms with van der Waals surface area (Å²) in [6.45, 7) is 4.25. The fraction of sp³-hybridized carbons (Fsp3) is 0.316. The Balaban J connectivity index is 1.77. The highest BCUT2D eigenvalue weighted by molar-refractivity contribution is 8.01. The van der Waals surface area contributed by atoms with Crippen LogP contribution in [-0.2, 0) is 0 Å². The molecule has 0 saturated heterocycles. The summed E-state index contributed by atoms with van der Waals surface area (Å²) in [6, 6.07) is 12.4. The first-order chi connectivity index (χ1) is 11.6. The van der Waals surface area contributed by atoms with Crippen molar-refractivity contribution in [1.29, 1.82) is 0 Å². The van der Waals surface area contributed by atoms with Gasteiger partial charge in [0.25, 0.3) is 0 Å². The molecule has 0 fully saturated rings. The largest absolute Gasteiger partial charge is 0.496 e. The first kappa shape index (κ1) is 17.1. The van der Waals surface area contributed by atoms with Crippen molar-refractivity contribution in [2.24, 2.45) is 0 Å². The summed E-state index contributed by atoms with van der Waals surface area (Å²) in [5.74, 6) is 3.11. The van der Waals surface area contributed by atoms with E-state index in [0.29, 0.717) is 5.92 Å². The molecular formula is C19H21NO2S2. The van der Waals surface area contributed by atoms with Gasteiger partial charge in [-0.25, -0.2) is 4.98 Å². The lowest BCUT2D eigenvalue weighted by Gasteiger charge is -2.17. The summed E-state index contributed by atoms with van der Waals surface area (Å²) in [6.07, 6.45) is 0. The van der Waals surface area contributed by atoms with Crippen LogP contribution in [0.5, 0.6) is 11.5 Å². The topological polar surface area (TPSA) is 31.4 Å². The molecule has 5 heteroatoms. The van der Waals surface area contributed by atoms with Gasteiger partial charge in [0.15, 0.2) is 4.34 Å². The van der Waals surface area contributed by atoms with Gasteiger partial charge in [-0.15, -0.1) is 11.3 Å². The van der Waals surface area contributed by atoms with Crippen molar-refractivity contribution < 1.29 is 9.47 Å². The van der Waals surface area contributed by atoms with E-state index in [-0.39, 0.29) is 0 Å². The number of nitrogens with zero attached hydrogens (tertiary/aromatic N) is 1. The van der Waals surface area contributed by atoms with Gasteiger partial charge < -0.3 is 9.47 Å². The zero-order chi connectivity index (χ0) is 17.1. The zero-order valence-electron chi connectivity index (χ0n) is 14.3. The monoisotopic (exact) mass is 359 g/mol. The lowest BCUT2D eigenvalue weighted by atomic mass is 9.99. The summed E-state index contributed by atoms with van der Waals surface area (Å²) >= 11 is 3.55. The molecule has 1 aromatic heterocycles. The molecule has 1 heterocycles. The number of benzene rings is 2. The maximum atomic E-state index is 5.57. The SMILES string of the molecule is COc1cc([C@H](C)CSc2nc3ccccc3s2)c(OC)cc1C. The van der Waals surface area contributed by atoms with E-state index >= 15 is 0 Å². The van der Waals surface area contributed by atoms with Crippen LogP contribution < -0.4 is 9.47 Å². The van der Waals surface area contributed by atoms with Crippen LogP contribution >= 0.6 is 23.1 Å². The Bertz CT molecular complexity index is 811. The van der Waals surface area contributed by atoms with Gasteiger partial charge in [0.1, 0.15) is 11.5 Å². The normalized spacial score (nSPS) is 12.3. The highest BCUT2D eigenvalue weighted by atomic mass is 32.2. The van der Waals surface area contributed by atoms with Gasteiger partial charge in [0.2, 0.25) is 0 Å². The van der Waals surface area contributed by atoms with Crippen molar-refractivity contribution >= 4 is 33.3 Å². The van der Waals surface area contributed by atoms with Crippen LogP contribution in [0.4, 0.5) is 0 Å². The summed E-state index contributed by atoms with van der Waals surface area (Å²) in [4.78, 5) is 4.69. The molecule has 0 spiro atoms. The molecule has 0 radical (unpaired) electrons. The van der Waals surface area contributed by atoms with Crippen LogP contribution in [0.2, 0.25) is 0 Å². The molecule has 1 atom stereocenters. The first-order valence-corrected chi connectivity index (χ1v) is 9.63. The number of aromatic nitrogens is 1. The second-order valence-electron chi connectivity index (χ2n) is 5.72. The lowest BCUT2D eigenvalue weighted by Crippen LogP contribution is -2.02. The van der Waals surface area contributed by atoms with E-state index in [9.17, 15) is 0 Å². The molecule has 2 aromatic carbocycles. The molecule has 0 unspecified atom stereocenters. The smallest absolute Gasteiger partial charge is 0.151 e. The first-order valence-electron chi connectivity index (χ1n) is 7.83. The molecule has 0 saturated carbocycles. The number of para-hydroxylation sites is 1. The Hall–Kier alpha value is -1.72. The average Bonchev–Trinajstić information content (AvgIpc) is 3.02. The highest BCUT2D eigenvalue weighted by Crippen LogP contribution is 2.37. The van der Waals surface area contributed by atoms with Gasteiger partial charge in [-0.05, 0) is 42.7 Å². The van der Waals surface area contributed by atoms with E-state index < -0.39 is 0 Å². The van der Waals surface area contributed by atoms with Gasteiger partial charge >= 0.3 is 0 Å². The van der Waals surface area contributed by atoms with Crippen LogP contribution in [-0.4, -0.2) is 25.0 Å². The van der Waals surface area contributed by atoms with Crippen LogP contribution in [0, 0.1) is 6.92 Å². The summed E-state index contributed by atoms with van der Waals surface area (Å²) in [5, 5.41) is 0. The molecule has 3 aromatic rings. The quantitative estimate of drug-likeness (QED) is 0.543. The Morgan fingerprint density at radius 3 is 2.58 bits per heavy atom. The van der Waals surface area contributed by atoms with Gasteiger partial charge in [-0.2, -0.15) is 0 Å². The van der Waals surface area contributed by atoms with Crippen molar-refractivity contribution in [3.8, 4) is 11.5 Å². The lowest BCUT2D eigenvalue weighted by molar-refractivity contribution is 0.395. The minimum Gasteiger partial charge on any atom is -0.496 e. The number of hydrogen-bond donors (Lipinski definition) is 0. The van der Waals surface area contributed by atoms with E-state index in [4.69, 9.17) is 14.5 Å². The van der Waals surface area contributed by atoms with Crippen LogP contribution in [0.15, 0.2) is 40.7 Å². The number of methoxy groups -OCH3 is 2. The van der Waals surface area contributed by atoms with E-state index in [1.54, 1.807) is 37.3 Å². The van der Waals surface area contributed by atoms with Crippen molar-refractivity contribution in [1.82, 2.24) is 4.98 Å². The van der Waals surface area contributed by atoms with Crippen molar-refractivity contribution in [2.45, 2.75) is 24.1 Å². The minimum atomic E-state index is 0.339. The van der Waals surface area contributed by atoms with E-state index in [1.165, 1.54) is 10.3 Å². The molecule has 0 N–H and O–H groups in total. The summed E-state index contributed by atoms with van der Waals surface area (Å²) in [5.41, 5.74) is 3.34. The average molecular weight is 360 g/mol. The molecule has 3 rings (SSSR count). The second kappa shape index (κ2) is 7.45. The molecule has 0 aliphatic carbocycles. The van der Waals surface area contributed by atoms with Crippen molar-refractivity contribution in [3.63, 3.8) is 0 Å². The number of ether oxygens (including phenoxy) is 2. The van der Waals surface area contributed by atoms with Gasteiger partial charge in [-0.3, -0.25) is 0 Å². The van der Waals surface area contributed by atoms with Crippen molar-refractivity contribution in [3.05, 3.63) is 47.5 Å². The molecule has 0 amide bonds. The third-order valence-corrected chi connectivity index (χ3v) is 6.45. The van der Waals surface area contributed by atoms with E-state index in [0.717, 1.165) is 32.7 Å². The third kappa shape index (κ3) is 3.52. The van der Waals surface area contributed by atoms with E-state index in [1.807, 2.05) is 19.1 Å². The summed E-state index contributed by atoms with van der Waals surface area (Å²) < 4.78 is 13.4. The van der Waals surface area contributed by atoms with Crippen molar-refractivity contribution in [2.75, 3.05) is 20.0 Å². The standard InChI is InChI=1S/C19H21NO2S2/c1-12-9-17(22-4)14(10-16(12)21-3)13(2)11-23-19-20-15-7-5-6-8-18(15)24-19/h5-10,13H,11H2,1-4H3/t13-/m1/s1. The van der Waals surface area contributed by atoms with Crippen LogP contribution in [0.3, 0.4) is 0 Å². The molecule has 24 heavy (non-hydrogen) atoms. The van der Waals surface area contributed by atoms with Gasteiger partial charge in [-0.1, -0.05) is 30.8 Å². The number of hydrogen-bond acceptors (Lipinski definition) is 5. The second-order valence-corrected chi connectivity index (χ2v) is 8.02. The van der Waals surface area contributed by atoms with Gasteiger partial charge in [0, 0.05) is 11.3 Å². The zero-order valence-corrected chi connectivity index (χ0v) is 16.0. The van der Waals surface area contributed by atoms with Gasteiger partial charge in [0.05, 0.1) is 24.4 Å². The maximum absolute atomic E-state index is 5.57. The van der Waals surface area contributed by atoms with Crippen LogP contribution in [0.1, 0.15) is 24.0 Å². The van der Waals surface area contributed by atoms with E-state index in [2.05, 4.69) is 31.2 Å².